The first kappa shape index (κ1) is 14.9. The van der Waals surface area contributed by atoms with Crippen molar-refractivity contribution in [2.75, 3.05) is 13.1 Å². The Labute approximate surface area is 120 Å². The van der Waals surface area contributed by atoms with E-state index in [-0.39, 0.29) is 5.41 Å². The smallest absolute Gasteiger partial charge is 0.407 e. The summed E-state index contributed by atoms with van der Waals surface area (Å²) < 4.78 is 0. The van der Waals surface area contributed by atoms with Crippen molar-refractivity contribution in [1.29, 1.82) is 0 Å². The molecule has 0 spiro atoms. The van der Waals surface area contributed by atoms with Gasteiger partial charge in [-0.1, -0.05) is 45.0 Å². The van der Waals surface area contributed by atoms with Gasteiger partial charge in [-0.25, -0.2) is 4.79 Å². The van der Waals surface area contributed by atoms with Gasteiger partial charge in [0, 0.05) is 13.1 Å². The first-order valence-electron chi connectivity index (χ1n) is 7.10. The van der Waals surface area contributed by atoms with E-state index in [4.69, 9.17) is 5.73 Å². The number of hydrogen-bond acceptors (Lipinski definition) is 2. The molecular formula is C16H24N2O2. The minimum absolute atomic E-state index is 0.0630. The highest BCUT2D eigenvalue weighted by molar-refractivity contribution is 5.65. The summed E-state index contributed by atoms with van der Waals surface area (Å²) in [7, 11) is 0. The summed E-state index contributed by atoms with van der Waals surface area (Å²) in [5.74, 6) is 0. The van der Waals surface area contributed by atoms with Crippen LogP contribution in [0.3, 0.4) is 0 Å². The summed E-state index contributed by atoms with van der Waals surface area (Å²) in [6.45, 7) is 7.45. The molecule has 0 saturated carbocycles. The average Bonchev–Trinajstić information content (AvgIpc) is 2.38. The van der Waals surface area contributed by atoms with Crippen molar-refractivity contribution in [2.24, 2.45) is 5.73 Å². The quantitative estimate of drug-likeness (QED) is 0.828. The molecule has 3 N–H and O–H groups in total. The fourth-order valence-corrected chi connectivity index (χ4v) is 2.78. The molecule has 4 heteroatoms. The number of benzene rings is 1. The van der Waals surface area contributed by atoms with Crippen LogP contribution >= 0.6 is 0 Å². The summed E-state index contributed by atoms with van der Waals surface area (Å²) in [5.41, 5.74) is 8.27. The number of piperidine rings is 1. The standard InChI is InChI=1S/C16H24N2O2/c1-15(2,3)12-6-4-7-13(10-12)16(17)8-5-9-18(11-16)14(19)20/h4,6-7,10H,5,8-9,11,17H2,1-3H3,(H,19,20). The third-order valence-electron chi connectivity index (χ3n) is 4.10. The maximum Gasteiger partial charge on any atom is 0.407 e. The monoisotopic (exact) mass is 276 g/mol. The summed E-state index contributed by atoms with van der Waals surface area (Å²) in [6.07, 6.45) is 0.749. The summed E-state index contributed by atoms with van der Waals surface area (Å²) in [4.78, 5) is 12.6. The molecule has 1 fully saturated rings. The Balaban J connectivity index is 2.32. The average molecular weight is 276 g/mol. The van der Waals surface area contributed by atoms with Gasteiger partial charge in [0.05, 0.1) is 5.54 Å². The van der Waals surface area contributed by atoms with Crippen molar-refractivity contribution < 1.29 is 9.90 Å². The SMILES string of the molecule is CC(C)(C)c1cccc(C2(N)CCCN(C(=O)O)C2)c1. The molecule has 1 heterocycles. The molecule has 4 nitrogen and oxygen atoms in total. The zero-order chi connectivity index (χ0) is 15.0. The van der Waals surface area contributed by atoms with E-state index in [2.05, 4.69) is 32.9 Å². The molecule has 1 aromatic rings. The molecule has 0 aliphatic carbocycles. The van der Waals surface area contributed by atoms with Crippen LogP contribution in [0.15, 0.2) is 24.3 Å². The number of rotatable bonds is 1. The highest BCUT2D eigenvalue weighted by Crippen LogP contribution is 2.32. The fraction of sp³-hybridized carbons (Fsp3) is 0.562. The van der Waals surface area contributed by atoms with E-state index in [1.54, 1.807) is 0 Å². The molecule has 1 atom stereocenters. The number of carboxylic acid groups (broad SMARTS) is 1. The lowest BCUT2D eigenvalue weighted by Crippen LogP contribution is -2.53. The molecule has 1 aliphatic rings. The third kappa shape index (κ3) is 2.96. The maximum absolute atomic E-state index is 11.2. The van der Waals surface area contributed by atoms with Crippen molar-refractivity contribution in [1.82, 2.24) is 4.90 Å². The molecule has 2 rings (SSSR count). The zero-order valence-corrected chi connectivity index (χ0v) is 12.5. The Morgan fingerprint density at radius 2 is 2.10 bits per heavy atom. The summed E-state index contributed by atoms with van der Waals surface area (Å²) in [5, 5.41) is 9.17. The molecule has 0 bridgehead atoms. The van der Waals surface area contributed by atoms with E-state index >= 15 is 0 Å². The lowest BCUT2D eigenvalue weighted by Gasteiger charge is -2.39. The molecule has 1 unspecified atom stereocenters. The van der Waals surface area contributed by atoms with Gasteiger partial charge in [0.2, 0.25) is 0 Å². The van der Waals surface area contributed by atoms with Crippen molar-refractivity contribution in [3.63, 3.8) is 0 Å². The Morgan fingerprint density at radius 3 is 2.70 bits per heavy atom. The molecule has 0 aromatic heterocycles. The van der Waals surface area contributed by atoms with Crippen LogP contribution < -0.4 is 5.73 Å². The number of nitrogens with two attached hydrogens (primary N) is 1. The molecule has 1 saturated heterocycles. The Bertz CT molecular complexity index is 507. The number of carbonyl (C=O) groups is 1. The molecule has 0 radical (unpaired) electrons. The molecule has 1 aromatic carbocycles. The van der Waals surface area contributed by atoms with Gasteiger partial charge in [-0.3, -0.25) is 0 Å². The van der Waals surface area contributed by atoms with Crippen LogP contribution in [0, 0.1) is 0 Å². The van der Waals surface area contributed by atoms with Gasteiger partial charge < -0.3 is 15.7 Å². The summed E-state index contributed by atoms with van der Waals surface area (Å²) in [6, 6.07) is 8.26. The maximum atomic E-state index is 11.2. The van der Waals surface area contributed by atoms with Gasteiger partial charge in [-0.15, -0.1) is 0 Å². The Kier molecular flexibility index (Phi) is 3.78. The zero-order valence-electron chi connectivity index (χ0n) is 12.5. The van der Waals surface area contributed by atoms with E-state index in [9.17, 15) is 9.90 Å². The second-order valence-corrected chi connectivity index (χ2v) is 6.79. The summed E-state index contributed by atoms with van der Waals surface area (Å²) >= 11 is 0. The second kappa shape index (κ2) is 5.09. The van der Waals surface area contributed by atoms with Gasteiger partial charge in [0.1, 0.15) is 0 Å². The van der Waals surface area contributed by atoms with E-state index in [0.717, 1.165) is 18.4 Å². The molecule has 1 aliphatic heterocycles. The van der Waals surface area contributed by atoms with Gasteiger partial charge in [-0.05, 0) is 29.4 Å². The Hall–Kier alpha value is -1.55. The predicted molar refractivity (Wildman–Crippen MR) is 79.8 cm³/mol. The minimum Gasteiger partial charge on any atom is -0.465 e. The van der Waals surface area contributed by atoms with E-state index < -0.39 is 11.6 Å². The number of amides is 1. The van der Waals surface area contributed by atoms with Crippen molar-refractivity contribution >= 4 is 6.09 Å². The van der Waals surface area contributed by atoms with E-state index in [1.807, 2.05) is 12.1 Å². The van der Waals surface area contributed by atoms with Crippen molar-refractivity contribution in [3.8, 4) is 0 Å². The first-order valence-corrected chi connectivity index (χ1v) is 7.10. The van der Waals surface area contributed by atoms with Crippen molar-refractivity contribution in [2.45, 2.75) is 44.6 Å². The van der Waals surface area contributed by atoms with Crippen LogP contribution in [-0.4, -0.2) is 29.2 Å². The normalized spacial score (nSPS) is 23.7. The number of likely N-dealkylation sites (tertiary alicyclic amines) is 1. The number of hydrogen-bond donors (Lipinski definition) is 2. The molecule has 20 heavy (non-hydrogen) atoms. The number of nitrogens with zero attached hydrogens (tertiary/aromatic N) is 1. The van der Waals surface area contributed by atoms with Crippen LogP contribution in [0.1, 0.15) is 44.7 Å². The van der Waals surface area contributed by atoms with Crippen LogP contribution in [0.4, 0.5) is 4.79 Å². The highest BCUT2D eigenvalue weighted by atomic mass is 16.4. The van der Waals surface area contributed by atoms with Gasteiger partial charge in [0.25, 0.3) is 0 Å². The minimum atomic E-state index is -0.883. The van der Waals surface area contributed by atoms with Crippen LogP contribution in [-0.2, 0) is 11.0 Å². The van der Waals surface area contributed by atoms with Crippen LogP contribution in [0.25, 0.3) is 0 Å². The molecule has 110 valence electrons. The highest BCUT2D eigenvalue weighted by Gasteiger charge is 2.35. The molecular weight excluding hydrogens is 252 g/mol. The van der Waals surface area contributed by atoms with Gasteiger partial charge >= 0.3 is 6.09 Å². The predicted octanol–water partition coefficient (Wildman–Crippen LogP) is 2.91. The fourth-order valence-electron chi connectivity index (χ4n) is 2.78. The van der Waals surface area contributed by atoms with Crippen molar-refractivity contribution in [3.05, 3.63) is 35.4 Å². The third-order valence-corrected chi connectivity index (χ3v) is 4.10. The molecule has 1 amide bonds. The van der Waals surface area contributed by atoms with Crippen LogP contribution in [0.5, 0.6) is 0 Å². The topological polar surface area (TPSA) is 66.6 Å². The van der Waals surface area contributed by atoms with Crippen LogP contribution in [0.2, 0.25) is 0 Å². The lowest BCUT2D eigenvalue weighted by atomic mass is 9.79. The largest absolute Gasteiger partial charge is 0.465 e. The Morgan fingerprint density at radius 1 is 1.40 bits per heavy atom. The lowest BCUT2D eigenvalue weighted by molar-refractivity contribution is 0.110. The van der Waals surface area contributed by atoms with E-state index in [0.29, 0.717) is 13.1 Å². The van der Waals surface area contributed by atoms with E-state index in [1.165, 1.54) is 10.5 Å². The second-order valence-electron chi connectivity index (χ2n) is 6.79. The first-order chi connectivity index (χ1) is 9.22. The van der Waals surface area contributed by atoms with Gasteiger partial charge in [0.15, 0.2) is 0 Å². The van der Waals surface area contributed by atoms with Gasteiger partial charge in [-0.2, -0.15) is 0 Å².